The highest BCUT2D eigenvalue weighted by molar-refractivity contribution is 5.57. The molecule has 1 saturated heterocycles. The van der Waals surface area contributed by atoms with E-state index in [4.69, 9.17) is 5.26 Å². The van der Waals surface area contributed by atoms with Gasteiger partial charge in [0, 0.05) is 44.0 Å². The van der Waals surface area contributed by atoms with E-state index in [-0.39, 0.29) is 10.6 Å². The molecule has 1 aliphatic rings. The van der Waals surface area contributed by atoms with Gasteiger partial charge in [0.15, 0.2) is 0 Å². The van der Waals surface area contributed by atoms with E-state index in [1.807, 2.05) is 13.0 Å². The number of nitrogens with zero attached hydrogens (tertiary/aromatic N) is 4. The van der Waals surface area contributed by atoms with Crippen molar-refractivity contribution in [1.82, 2.24) is 4.90 Å². The number of nitro benzene ring substituents is 1. The van der Waals surface area contributed by atoms with Crippen LogP contribution in [0.5, 0.6) is 0 Å². The van der Waals surface area contributed by atoms with Gasteiger partial charge < -0.3 is 4.90 Å². The van der Waals surface area contributed by atoms with Crippen LogP contribution in [0.15, 0.2) is 18.2 Å². The molecular formula is C13H16N4O2. The molecule has 1 heterocycles. The van der Waals surface area contributed by atoms with Crippen LogP contribution >= 0.6 is 0 Å². The number of anilines is 1. The maximum Gasteiger partial charge on any atom is 0.269 e. The number of piperazine rings is 1. The quantitative estimate of drug-likeness (QED) is 0.468. The summed E-state index contributed by atoms with van der Waals surface area (Å²) in [5, 5.41) is 19.4. The molecule has 0 atom stereocenters. The van der Waals surface area contributed by atoms with Crippen LogP contribution in [-0.2, 0) is 0 Å². The Morgan fingerprint density at radius 3 is 2.58 bits per heavy atom. The van der Waals surface area contributed by atoms with Gasteiger partial charge in [-0.1, -0.05) is 0 Å². The monoisotopic (exact) mass is 260 g/mol. The van der Waals surface area contributed by atoms with Gasteiger partial charge in [-0.05, 0) is 18.6 Å². The predicted molar refractivity (Wildman–Crippen MR) is 72.1 cm³/mol. The summed E-state index contributed by atoms with van der Waals surface area (Å²) in [6.07, 6.45) is 0. The van der Waals surface area contributed by atoms with Crippen molar-refractivity contribution in [3.05, 3.63) is 33.9 Å². The first kappa shape index (κ1) is 13.3. The highest BCUT2D eigenvalue weighted by atomic mass is 16.6. The minimum Gasteiger partial charge on any atom is -0.369 e. The molecule has 0 spiro atoms. The fraction of sp³-hybridized carbons (Fsp3) is 0.462. The normalized spacial score (nSPS) is 16.1. The van der Waals surface area contributed by atoms with Crippen molar-refractivity contribution < 1.29 is 4.92 Å². The lowest BCUT2D eigenvalue weighted by molar-refractivity contribution is -0.384. The lowest BCUT2D eigenvalue weighted by Gasteiger charge is -2.35. The Morgan fingerprint density at radius 1 is 1.37 bits per heavy atom. The molecule has 0 aliphatic carbocycles. The molecule has 0 amide bonds. The average molecular weight is 260 g/mol. The molecular weight excluding hydrogens is 244 g/mol. The standard InChI is InChI=1S/C13H16N4O2/c1-11-10-12(17(18)19)2-3-13(11)16-8-6-15(5-4-14)7-9-16/h2-3,10H,5-9H2,1H3. The highest BCUT2D eigenvalue weighted by Gasteiger charge is 2.19. The van der Waals surface area contributed by atoms with Crippen molar-refractivity contribution in [2.24, 2.45) is 0 Å². The first-order valence-electron chi connectivity index (χ1n) is 6.21. The number of non-ortho nitro benzene ring substituents is 1. The van der Waals surface area contributed by atoms with E-state index in [1.54, 1.807) is 12.1 Å². The minimum atomic E-state index is -0.373. The lowest BCUT2D eigenvalue weighted by atomic mass is 10.1. The summed E-state index contributed by atoms with van der Waals surface area (Å²) in [5.41, 5.74) is 2.09. The maximum atomic E-state index is 10.7. The summed E-state index contributed by atoms with van der Waals surface area (Å²) < 4.78 is 0. The molecule has 0 aromatic heterocycles. The van der Waals surface area contributed by atoms with Gasteiger partial charge in [-0.25, -0.2) is 0 Å². The summed E-state index contributed by atoms with van der Waals surface area (Å²) in [5.74, 6) is 0. The number of aryl methyl sites for hydroxylation is 1. The molecule has 2 rings (SSSR count). The summed E-state index contributed by atoms with van der Waals surface area (Å²) in [4.78, 5) is 14.7. The van der Waals surface area contributed by atoms with Crippen molar-refractivity contribution in [3.8, 4) is 6.07 Å². The molecule has 0 saturated carbocycles. The van der Waals surface area contributed by atoms with Crippen molar-refractivity contribution in [2.75, 3.05) is 37.6 Å². The van der Waals surface area contributed by atoms with Gasteiger partial charge in [0.25, 0.3) is 5.69 Å². The van der Waals surface area contributed by atoms with Gasteiger partial charge >= 0.3 is 0 Å². The van der Waals surface area contributed by atoms with E-state index in [0.29, 0.717) is 6.54 Å². The van der Waals surface area contributed by atoms with Crippen LogP contribution in [-0.4, -0.2) is 42.5 Å². The van der Waals surface area contributed by atoms with Crippen LogP contribution in [0.3, 0.4) is 0 Å². The SMILES string of the molecule is Cc1cc([N+](=O)[O-])ccc1N1CCN(CC#N)CC1. The molecule has 0 unspecified atom stereocenters. The minimum absolute atomic E-state index is 0.129. The number of hydrogen-bond acceptors (Lipinski definition) is 5. The maximum absolute atomic E-state index is 10.7. The Labute approximate surface area is 112 Å². The Morgan fingerprint density at radius 2 is 2.05 bits per heavy atom. The third-order valence-corrected chi connectivity index (χ3v) is 3.40. The van der Waals surface area contributed by atoms with E-state index in [9.17, 15) is 10.1 Å². The third-order valence-electron chi connectivity index (χ3n) is 3.40. The molecule has 100 valence electrons. The average Bonchev–Trinajstić information content (AvgIpc) is 2.40. The highest BCUT2D eigenvalue weighted by Crippen LogP contribution is 2.25. The zero-order valence-corrected chi connectivity index (χ0v) is 10.9. The number of hydrogen-bond donors (Lipinski definition) is 0. The van der Waals surface area contributed by atoms with Crippen LogP contribution in [0.25, 0.3) is 0 Å². The van der Waals surface area contributed by atoms with Gasteiger partial charge in [0.05, 0.1) is 17.5 Å². The van der Waals surface area contributed by atoms with Gasteiger partial charge in [-0.3, -0.25) is 15.0 Å². The van der Waals surface area contributed by atoms with E-state index in [1.165, 1.54) is 0 Å². The first-order valence-corrected chi connectivity index (χ1v) is 6.21. The molecule has 6 nitrogen and oxygen atoms in total. The number of rotatable bonds is 3. The molecule has 1 fully saturated rings. The van der Waals surface area contributed by atoms with Crippen LogP contribution < -0.4 is 4.90 Å². The van der Waals surface area contributed by atoms with Crippen molar-refractivity contribution in [3.63, 3.8) is 0 Å². The fourth-order valence-electron chi connectivity index (χ4n) is 2.35. The predicted octanol–water partition coefficient (Wildman–Crippen LogP) is 1.55. The zero-order valence-electron chi connectivity index (χ0n) is 10.9. The number of nitriles is 1. The topological polar surface area (TPSA) is 73.4 Å². The number of benzene rings is 1. The Balaban J connectivity index is 2.08. The smallest absolute Gasteiger partial charge is 0.269 e. The molecule has 1 aromatic rings. The second-order valence-corrected chi connectivity index (χ2v) is 4.65. The van der Waals surface area contributed by atoms with Crippen molar-refractivity contribution >= 4 is 11.4 Å². The van der Waals surface area contributed by atoms with E-state index in [2.05, 4.69) is 15.9 Å². The Hall–Kier alpha value is -2.13. The summed E-state index contributed by atoms with van der Waals surface area (Å²) in [7, 11) is 0. The largest absolute Gasteiger partial charge is 0.369 e. The number of nitro groups is 1. The zero-order chi connectivity index (χ0) is 13.8. The molecule has 1 aromatic carbocycles. The summed E-state index contributed by atoms with van der Waals surface area (Å²) in [6.45, 7) is 5.76. The van der Waals surface area contributed by atoms with Crippen molar-refractivity contribution in [2.45, 2.75) is 6.92 Å². The van der Waals surface area contributed by atoms with E-state index < -0.39 is 0 Å². The van der Waals surface area contributed by atoms with Crippen LogP contribution in [0.4, 0.5) is 11.4 Å². The Bertz CT molecular complexity index is 516. The molecule has 0 radical (unpaired) electrons. The van der Waals surface area contributed by atoms with Crippen LogP contribution in [0, 0.1) is 28.4 Å². The third kappa shape index (κ3) is 3.01. The first-order chi connectivity index (χ1) is 9.11. The lowest BCUT2D eigenvalue weighted by Crippen LogP contribution is -2.46. The molecule has 19 heavy (non-hydrogen) atoms. The van der Waals surface area contributed by atoms with Crippen molar-refractivity contribution in [1.29, 1.82) is 5.26 Å². The van der Waals surface area contributed by atoms with Gasteiger partial charge in [0.2, 0.25) is 0 Å². The van der Waals surface area contributed by atoms with Crippen LogP contribution in [0.1, 0.15) is 5.56 Å². The van der Waals surface area contributed by atoms with Crippen LogP contribution in [0.2, 0.25) is 0 Å². The molecule has 0 N–H and O–H groups in total. The fourth-order valence-corrected chi connectivity index (χ4v) is 2.35. The van der Waals surface area contributed by atoms with Gasteiger partial charge in [-0.2, -0.15) is 5.26 Å². The van der Waals surface area contributed by atoms with E-state index >= 15 is 0 Å². The molecule has 1 aliphatic heterocycles. The molecule has 0 bridgehead atoms. The van der Waals surface area contributed by atoms with E-state index in [0.717, 1.165) is 37.4 Å². The summed E-state index contributed by atoms with van der Waals surface area (Å²) in [6, 6.07) is 7.12. The second kappa shape index (κ2) is 5.67. The van der Waals surface area contributed by atoms with Gasteiger partial charge in [-0.15, -0.1) is 0 Å². The molecule has 6 heteroatoms. The summed E-state index contributed by atoms with van der Waals surface area (Å²) >= 11 is 0. The van der Waals surface area contributed by atoms with Gasteiger partial charge in [0.1, 0.15) is 0 Å². The second-order valence-electron chi connectivity index (χ2n) is 4.65. The Kier molecular flexibility index (Phi) is 3.97.